The first-order valence-corrected chi connectivity index (χ1v) is 12.9. The number of methoxy groups -OCH3 is 1. The van der Waals surface area contributed by atoms with Crippen LogP contribution in [0.3, 0.4) is 0 Å². The number of aryl methyl sites for hydroxylation is 1. The van der Waals surface area contributed by atoms with Gasteiger partial charge in [0.1, 0.15) is 5.60 Å². The van der Waals surface area contributed by atoms with E-state index in [1.165, 1.54) is 0 Å². The van der Waals surface area contributed by atoms with Gasteiger partial charge in [0.2, 0.25) is 0 Å². The first-order valence-electron chi connectivity index (χ1n) is 11.9. The number of hydrogen-bond acceptors (Lipinski definition) is 4. The molecule has 0 aliphatic carbocycles. The fourth-order valence-corrected chi connectivity index (χ4v) is 5.10. The first kappa shape index (κ1) is 25.7. The minimum atomic E-state index is -0.855. The SMILES string of the molecule is COC(CSc1ccc(CCC(=O)O)cc1)OC(c1ccccc1)(c1ccccc1)c1ccccc1. The molecular weight excluding hydrogens is 468 g/mol. The average molecular weight is 499 g/mol. The molecule has 5 heteroatoms. The summed E-state index contributed by atoms with van der Waals surface area (Å²) in [5.74, 6) is -0.202. The van der Waals surface area contributed by atoms with Crippen LogP contribution in [0.15, 0.2) is 120 Å². The number of carboxylic acid groups (broad SMARTS) is 1. The van der Waals surface area contributed by atoms with Crippen molar-refractivity contribution in [2.24, 2.45) is 0 Å². The van der Waals surface area contributed by atoms with Crippen LogP contribution in [0.25, 0.3) is 0 Å². The van der Waals surface area contributed by atoms with E-state index in [1.807, 2.05) is 78.9 Å². The van der Waals surface area contributed by atoms with Crippen LogP contribution < -0.4 is 0 Å². The van der Waals surface area contributed by atoms with Crippen LogP contribution >= 0.6 is 11.8 Å². The lowest BCUT2D eigenvalue weighted by atomic mass is 9.80. The first-order chi connectivity index (χ1) is 17.6. The highest BCUT2D eigenvalue weighted by atomic mass is 32.2. The van der Waals surface area contributed by atoms with E-state index in [-0.39, 0.29) is 6.42 Å². The summed E-state index contributed by atoms with van der Waals surface area (Å²) < 4.78 is 12.8. The van der Waals surface area contributed by atoms with Crippen molar-refractivity contribution < 1.29 is 19.4 Å². The highest BCUT2D eigenvalue weighted by molar-refractivity contribution is 7.99. The zero-order valence-electron chi connectivity index (χ0n) is 20.2. The number of carbonyl (C=O) groups is 1. The number of hydrogen-bond donors (Lipinski definition) is 1. The highest BCUT2D eigenvalue weighted by Gasteiger charge is 2.40. The van der Waals surface area contributed by atoms with E-state index < -0.39 is 17.9 Å². The van der Waals surface area contributed by atoms with Crippen molar-refractivity contribution in [3.8, 4) is 0 Å². The maximum absolute atomic E-state index is 10.8. The summed E-state index contributed by atoms with van der Waals surface area (Å²) in [6, 6.07) is 38.8. The van der Waals surface area contributed by atoms with Gasteiger partial charge < -0.3 is 14.6 Å². The van der Waals surface area contributed by atoms with Crippen LogP contribution in [-0.2, 0) is 26.3 Å². The Morgan fingerprint density at radius 2 is 1.25 bits per heavy atom. The van der Waals surface area contributed by atoms with Gasteiger partial charge >= 0.3 is 5.97 Å². The minimum Gasteiger partial charge on any atom is -0.481 e. The smallest absolute Gasteiger partial charge is 0.303 e. The Labute approximate surface area is 216 Å². The molecule has 0 heterocycles. The molecule has 1 atom stereocenters. The van der Waals surface area contributed by atoms with Crippen molar-refractivity contribution in [2.75, 3.05) is 12.9 Å². The molecule has 36 heavy (non-hydrogen) atoms. The fourth-order valence-electron chi connectivity index (χ4n) is 4.24. The summed E-state index contributed by atoms with van der Waals surface area (Å²) in [7, 11) is 1.67. The summed E-state index contributed by atoms with van der Waals surface area (Å²) in [6.45, 7) is 0. The molecular formula is C31H30O4S. The maximum atomic E-state index is 10.8. The summed E-state index contributed by atoms with van der Waals surface area (Å²) in [6.07, 6.45) is 0.159. The van der Waals surface area contributed by atoms with Gasteiger partial charge in [0.05, 0.1) is 0 Å². The third-order valence-corrected chi connectivity index (χ3v) is 7.09. The van der Waals surface area contributed by atoms with E-state index in [9.17, 15) is 4.79 Å². The zero-order chi connectivity index (χ0) is 25.2. The van der Waals surface area contributed by atoms with Crippen molar-refractivity contribution in [3.05, 3.63) is 138 Å². The summed E-state index contributed by atoms with van der Waals surface area (Å²) in [4.78, 5) is 11.9. The van der Waals surface area contributed by atoms with Crippen molar-refractivity contribution >= 4 is 17.7 Å². The molecule has 1 N–H and O–H groups in total. The van der Waals surface area contributed by atoms with Crippen LogP contribution in [0.5, 0.6) is 0 Å². The molecule has 4 aromatic rings. The normalized spacial score (nSPS) is 12.2. The largest absolute Gasteiger partial charge is 0.481 e. The minimum absolute atomic E-state index is 0.132. The number of rotatable bonds is 12. The second-order valence-electron chi connectivity index (χ2n) is 8.41. The van der Waals surface area contributed by atoms with E-state index in [1.54, 1.807) is 18.9 Å². The number of carboxylic acids is 1. The molecule has 0 aliphatic heterocycles. The van der Waals surface area contributed by atoms with Crippen molar-refractivity contribution in [2.45, 2.75) is 29.6 Å². The van der Waals surface area contributed by atoms with Crippen LogP contribution in [-0.4, -0.2) is 30.2 Å². The van der Waals surface area contributed by atoms with Crippen molar-refractivity contribution in [1.82, 2.24) is 0 Å². The Hall–Kier alpha value is -3.38. The second kappa shape index (κ2) is 12.5. The Kier molecular flexibility index (Phi) is 8.95. The molecule has 0 saturated carbocycles. The standard InChI is InChI=1S/C31H30O4S/c1-34-30(23-36-28-20-17-24(18-21-28)19-22-29(32)33)35-31(25-11-5-2-6-12-25,26-13-7-3-8-14-26)27-15-9-4-10-16-27/h2-18,20-21,30H,19,22-23H2,1H3,(H,32,33). The Balaban J connectivity index is 1.62. The summed E-state index contributed by atoms with van der Waals surface area (Å²) in [5.41, 5.74) is 3.23. The number of benzene rings is 4. The Bertz CT molecular complexity index is 1120. The van der Waals surface area contributed by atoms with E-state index >= 15 is 0 Å². The fraction of sp³-hybridized carbons (Fsp3) is 0.194. The molecule has 0 spiro atoms. The van der Waals surface area contributed by atoms with Crippen LogP contribution in [0.2, 0.25) is 0 Å². The lowest BCUT2D eigenvalue weighted by Crippen LogP contribution is -2.38. The molecule has 0 radical (unpaired) electrons. The monoisotopic (exact) mass is 498 g/mol. The van der Waals surface area contributed by atoms with Crippen molar-refractivity contribution in [1.29, 1.82) is 0 Å². The van der Waals surface area contributed by atoms with Gasteiger partial charge in [0, 0.05) is 24.2 Å². The summed E-state index contributed by atoms with van der Waals surface area (Å²) in [5, 5.41) is 8.91. The van der Waals surface area contributed by atoms with Gasteiger partial charge in [-0.15, -0.1) is 11.8 Å². The lowest BCUT2D eigenvalue weighted by molar-refractivity contribution is -0.162. The maximum Gasteiger partial charge on any atom is 0.303 e. The molecule has 4 aromatic carbocycles. The zero-order valence-corrected chi connectivity index (χ0v) is 21.1. The Morgan fingerprint density at radius 1 is 0.778 bits per heavy atom. The van der Waals surface area contributed by atoms with Gasteiger partial charge in [-0.25, -0.2) is 0 Å². The predicted molar refractivity (Wildman–Crippen MR) is 144 cm³/mol. The Morgan fingerprint density at radius 3 is 1.67 bits per heavy atom. The molecule has 4 rings (SSSR count). The molecule has 0 amide bonds. The van der Waals surface area contributed by atoms with E-state index in [0.717, 1.165) is 27.1 Å². The molecule has 0 bridgehead atoms. The van der Waals surface area contributed by atoms with Crippen LogP contribution in [0.4, 0.5) is 0 Å². The molecule has 0 saturated heterocycles. The third-order valence-electron chi connectivity index (χ3n) is 6.05. The molecule has 0 aromatic heterocycles. The second-order valence-corrected chi connectivity index (χ2v) is 9.50. The quantitative estimate of drug-likeness (QED) is 0.133. The summed E-state index contributed by atoms with van der Waals surface area (Å²) >= 11 is 1.65. The predicted octanol–water partition coefficient (Wildman–Crippen LogP) is 6.78. The number of thioether (sulfide) groups is 1. The van der Waals surface area contributed by atoms with Gasteiger partial charge in [-0.3, -0.25) is 4.79 Å². The molecule has 184 valence electrons. The van der Waals surface area contributed by atoms with Crippen LogP contribution in [0.1, 0.15) is 28.7 Å². The van der Waals surface area contributed by atoms with E-state index in [0.29, 0.717) is 12.2 Å². The molecule has 0 fully saturated rings. The topological polar surface area (TPSA) is 55.8 Å². The van der Waals surface area contributed by atoms with E-state index in [2.05, 4.69) is 36.4 Å². The highest BCUT2D eigenvalue weighted by Crippen LogP contribution is 2.42. The van der Waals surface area contributed by atoms with E-state index in [4.69, 9.17) is 14.6 Å². The van der Waals surface area contributed by atoms with Gasteiger partial charge in [0.15, 0.2) is 6.29 Å². The van der Waals surface area contributed by atoms with Gasteiger partial charge in [0.25, 0.3) is 0 Å². The molecule has 4 nitrogen and oxygen atoms in total. The third kappa shape index (κ3) is 6.24. The van der Waals surface area contributed by atoms with Gasteiger partial charge in [-0.2, -0.15) is 0 Å². The van der Waals surface area contributed by atoms with Crippen molar-refractivity contribution in [3.63, 3.8) is 0 Å². The van der Waals surface area contributed by atoms with Gasteiger partial charge in [-0.05, 0) is 40.8 Å². The number of aliphatic carboxylic acids is 1. The lowest BCUT2D eigenvalue weighted by Gasteiger charge is -2.38. The molecule has 0 aliphatic rings. The van der Waals surface area contributed by atoms with Gasteiger partial charge in [-0.1, -0.05) is 103 Å². The number of ether oxygens (including phenoxy) is 2. The molecule has 1 unspecified atom stereocenters. The van der Waals surface area contributed by atoms with Crippen LogP contribution in [0, 0.1) is 0 Å². The average Bonchev–Trinajstić information content (AvgIpc) is 2.94.